The second-order valence-corrected chi connectivity index (χ2v) is 4.26. The molecule has 0 aliphatic carbocycles. The van der Waals surface area contributed by atoms with E-state index in [1.165, 1.54) is 0 Å². The van der Waals surface area contributed by atoms with Gasteiger partial charge in [0, 0.05) is 42.0 Å². The first-order chi connectivity index (χ1) is 9.33. The third-order valence-corrected chi connectivity index (χ3v) is 2.80. The number of rotatable bonds is 2. The van der Waals surface area contributed by atoms with Crippen molar-refractivity contribution in [3.63, 3.8) is 0 Å². The third kappa shape index (κ3) is 2.58. The molecular formula is C14H9ClN4. The molecule has 0 aliphatic rings. The predicted molar refractivity (Wildman–Crippen MR) is 73.5 cm³/mol. The number of hydrogen-bond acceptors (Lipinski definition) is 4. The van der Waals surface area contributed by atoms with Crippen LogP contribution in [0.15, 0.2) is 55.1 Å². The summed E-state index contributed by atoms with van der Waals surface area (Å²) < 4.78 is 0. The van der Waals surface area contributed by atoms with E-state index in [-0.39, 0.29) is 0 Å². The van der Waals surface area contributed by atoms with Crippen molar-refractivity contribution in [3.8, 4) is 22.6 Å². The summed E-state index contributed by atoms with van der Waals surface area (Å²) in [4.78, 5) is 16.7. The molecule has 0 atom stereocenters. The van der Waals surface area contributed by atoms with Crippen LogP contribution in [0.2, 0.25) is 5.15 Å². The van der Waals surface area contributed by atoms with Crippen LogP contribution in [0.4, 0.5) is 0 Å². The summed E-state index contributed by atoms with van der Waals surface area (Å²) in [6, 6.07) is 9.20. The molecule has 4 nitrogen and oxygen atoms in total. The fourth-order valence-corrected chi connectivity index (χ4v) is 1.90. The zero-order valence-corrected chi connectivity index (χ0v) is 10.6. The van der Waals surface area contributed by atoms with E-state index in [0.29, 0.717) is 11.0 Å². The molecule has 0 saturated heterocycles. The maximum absolute atomic E-state index is 6.07. The Morgan fingerprint density at radius 3 is 1.95 bits per heavy atom. The first-order valence-corrected chi connectivity index (χ1v) is 6.06. The third-order valence-electron chi connectivity index (χ3n) is 2.61. The molecule has 0 saturated carbocycles. The SMILES string of the molecule is Clc1cc(-c2ccncc2)nc(-c2ccncc2)n1. The van der Waals surface area contributed by atoms with Crippen molar-refractivity contribution in [1.29, 1.82) is 0 Å². The molecule has 3 rings (SSSR count). The van der Waals surface area contributed by atoms with Crippen LogP contribution in [0.1, 0.15) is 0 Å². The molecule has 3 aromatic heterocycles. The van der Waals surface area contributed by atoms with Gasteiger partial charge in [-0.3, -0.25) is 9.97 Å². The minimum atomic E-state index is 0.411. The zero-order chi connectivity index (χ0) is 13.1. The van der Waals surface area contributed by atoms with E-state index in [1.807, 2.05) is 24.3 Å². The number of halogens is 1. The molecule has 92 valence electrons. The topological polar surface area (TPSA) is 51.6 Å². The summed E-state index contributed by atoms with van der Waals surface area (Å²) in [6.07, 6.45) is 6.84. The van der Waals surface area contributed by atoms with Crippen LogP contribution < -0.4 is 0 Å². The smallest absolute Gasteiger partial charge is 0.161 e. The van der Waals surface area contributed by atoms with Gasteiger partial charge in [0.1, 0.15) is 5.15 Å². The van der Waals surface area contributed by atoms with Gasteiger partial charge in [0.25, 0.3) is 0 Å². The van der Waals surface area contributed by atoms with E-state index in [4.69, 9.17) is 11.6 Å². The predicted octanol–water partition coefficient (Wildman–Crippen LogP) is 3.25. The molecular weight excluding hydrogens is 260 g/mol. The number of hydrogen-bond donors (Lipinski definition) is 0. The lowest BCUT2D eigenvalue weighted by Gasteiger charge is -2.05. The molecule has 3 heterocycles. The van der Waals surface area contributed by atoms with Gasteiger partial charge in [-0.1, -0.05) is 11.6 Å². The quantitative estimate of drug-likeness (QED) is 0.670. The van der Waals surface area contributed by atoms with Gasteiger partial charge < -0.3 is 0 Å². The maximum Gasteiger partial charge on any atom is 0.161 e. The summed E-state index contributed by atoms with van der Waals surface area (Å²) in [5, 5.41) is 0.411. The molecule has 0 aliphatic heterocycles. The van der Waals surface area contributed by atoms with Crippen molar-refractivity contribution in [1.82, 2.24) is 19.9 Å². The zero-order valence-electron chi connectivity index (χ0n) is 9.86. The number of pyridine rings is 2. The standard InChI is InChI=1S/C14H9ClN4/c15-13-9-12(10-1-5-16-6-2-10)18-14(19-13)11-3-7-17-8-4-11/h1-9H. The van der Waals surface area contributed by atoms with Crippen molar-refractivity contribution in [2.24, 2.45) is 0 Å². The second-order valence-electron chi connectivity index (χ2n) is 3.87. The van der Waals surface area contributed by atoms with Gasteiger partial charge in [0.2, 0.25) is 0 Å². The summed E-state index contributed by atoms with van der Waals surface area (Å²) in [5.41, 5.74) is 2.61. The highest BCUT2D eigenvalue weighted by atomic mass is 35.5. The van der Waals surface area contributed by atoms with Gasteiger partial charge in [-0.2, -0.15) is 0 Å². The second kappa shape index (κ2) is 5.12. The summed E-state index contributed by atoms with van der Waals surface area (Å²) in [5.74, 6) is 0.585. The van der Waals surface area contributed by atoms with E-state index < -0.39 is 0 Å². The molecule has 0 unspecified atom stereocenters. The Kier molecular flexibility index (Phi) is 3.16. The molecule has 19 heavy (non-hydrogen) atoms. The highest BCUT2D eigenvalue weighted by Crippen LogP contribution is 2.23. The molecule has 0 spiro atoms. The maximum atomic E-state index is 6.07. The fourth-order valence-electron chi connectivity index (χ4n) is 1.72. The Hall–Kier alpha value is -2.33. The van der Waals surface area contributed by atoms with E-state index in [0.717, 1.165) is 16.8 Å². The minimum Gasteiger partial charge on any atom is -0.265 e. The van der Waals surface area contributed by atoms with Gasteiger partial charge in [-0.25, -0.2) is 9.97 Å². The lowest BCUT2D eigenvalue weighted by molar-refractivity contribution is 1.17. The molecule has 0 fully saturated rings. The van der Waals surface area contributed by atoms with Crippen molar-refractivity contribution in [2.45, 2.75) is 0 Å². The van der Waals surface area contributed by atoms with Gasteiger partial charge in [-0.05, 0) is 24.3 Å². The van der Waals surface area contributed by atoms with E-state index >= 15 is 0 Å². The lowest BCUT2D eigenvalue weighted by Crippen LogP contribution is -1.93. The molecule has 0 radical (unpaired) electrons. The van der Waals surface area contributed by atoms with Crippen LogP contribution in [-0.2, 0) is 0 Å². The molecule has 0 N–H and O–H groups in total. The lowest BCUT2D eigenvalue weighted by atomic mass is 10.2. The van der Waals surface area contributed by atoms with Crippen LogP contribution in [0, 0.1) is 0 Å². The van der Waals surface area contributed by atoms with Crippen LogP contribution in [-0.4, -0.2) is 19.9 Å². The monoisotopic (exact) mass is 268 g/mol. The fraction of sp³-hybridized carbons (Fsp3) is 0. The van der Waals surface area contributed by atoms with Crippen LogP contribution in [0.3, 0.4) is 0 Å². The van der Waals surface area contributed by atoms with Gasteiger partial charge >= 0.3 is 0 Å². The van der Waals surface area contributed by atoms with E-state index in [9.17, 15) is 0 Å². The Labute approximate surface area is 115 Å². The van der Waals surface area contributed by atoms with Gasteiger partial charge in [-0.15, -0.1) is 0 Å². The first kappa shape index (κ1) is 11.7. The Balaban J connectivity index is 2.12. The average Bonchev–Trinajstić information content (AvgIpc) is 2.48. The Morgan fingerprint density at radius 1 is 0.737 bits per heavy atom. The highest BCUT2D eigenvalue weighted by molar-refractivity contribution is 6.29. The largest absolute Gasteiger partial charge is 0.265 e. The van der Waals surface area contributed by atoms with Crippen molar-refractivity contribution >= 4 is 11.6 Å². The minimum absolute atomic E-state index is 0.411. The summed E-state index contributed by atoms with van der Waals surface area (Å²) in [7, 11) is 0. The molecule has 5 heteroatoms. The summed E-state index contributed by atoms with van der Waals surface area (Å²) in [6.45, 7) is 0. The highest BCUT2D eigenvalue weighted by Gasteiger charge is 2.07. The Morgan fingerprint density at radius 2 is 1.32 bits per heavy atom. The first-order valence-electron chi connectivity index (χ1n) is 5.68. The van der Waals surface area contributed by atoms with Crippen molar-refractivity contribution in [2.75, 3.05) is 0 Å². The van der Waals surface area contributed by atoms with Gasteiger partial charge in [0.05, 0.1) is 5.69 Å². The van der Waals surface area contributed by atoms with Crippen molar-refractivity contribution < 1.29 is 0 Å². The average molecular weight is 269 g/mol. The summed E-state index contributed by atoms with van der Waals surface area (Å²) >= 11 is 6.07. The van der Waals surface area contributed by atoms with Crippen LogP contribution in [0.5, 0.6) is 0 Å². The molecule has 0 aromatic carbocycles. The normalized spacial score (nSPS) is 10.4. The number of aromatic nitrogens is 4. The molecule has 3 aromatic rings. The van der Waals surface area contributed by atoms with E-state index in [2.05, 4.69) is 19.9 Å². The Bertz CT molecular complexity index is 629. The van der Waals surface area contributed by atoms with Crippen LogP contribution >= 0.6 is 11.6 Å². The van der Waals surface area contributed by atoms with E-state index in [1.54, 1.807) is 30.9 Å². The molecule has 0 amide bonds. The molecule has 0 bridgehead atoms. The van der Waals surface area contributed by atoms with Crippen molar-refractivity contribution in [3.05, 3.63) is 60.3 Å². The van der Waals surface area contributed by atoms with Gasteiger partial charge in [0.15, 0.2) is 5.82 Å². The van der Waals surface area contributed by atoms with Crippen LogP contribution in [0.25, 0.3) is 22.6 Å². The number of nitrogens with zero attached hydrogens (tertiary/aromatic N) is 4.